The number of hydrogen-bond acceptors (Lipinski definition) is 4. The number of amides is 1. The fourth-order valence-corrected chi connectivity index (χ4v) is 2.55. The molecule has 2 aliphatic rings. The van der Waals surface area contributed by atoms with Crippen LogP contribution in [0.4, 0.5) is 4.79 Å². The molecule has 0 saturated carbocycles. The Bertz CT molecular complexity index is 408. The minimum absolute atomic E-state index is 0. The van der Waals surface area contributed by atoms with E-state index in [9.17, 15) is 4.79 Å². The summed E-state index contributed by atoms with van der Waals surface area (Å²) in [5.41, 5.74) is 0.174. The van der Waals surface area contributed by atoms with E-state index in [1.807, 2.05) is 6.92 Å². The maximum absolute atomic E-state index is 11.7. The van der Waals surface area contributed by atoms with Gasteiger partial charge in [-0.15, -0.1) is 24.0 Å². The van der Waals surface area contributed by atoms with Gasteiger partial charge in [-0.1, -0.05) is 6.92 Å². The molecule has 2 fully saturated rings. The van der Waals surface area contributed by atoms with Crippen molar-refractivity contribution < 1.29 is 14.3 Å². The second kappa shape index (κ2) is 9.51. The predicted octanol–water partition coefficient (Wildman–Crippen LogP) is 1.38. The van der Waals surface area contributed by atoms with Gasteiger partial charge in [0.2, 0.25) is 0 Å². The third-order valence-electron chi connectivity index (χ3n) is 3.95. The van der Waals surface area contributed by atoms with Crippen LogP contribution in [0.25, 0.3) is 0 Å². The lowest BCUT2D eigenvalue weighted by molar-refractivity contribution is -0.0946. The van der Waals surface area contributed by atoms with Crippen LogP contribution >= 0.6 is 24.0 Å². The van der Waals surface area contributed by atoms with Crippen molar-refractivity contribution >= 4 is 36.0 Å². The van der Waals surface area contributed by atoms with Gasteiger partial charge in [0.15, 0.2) is 5.96 Å². The second-order valence-electron chi connectivity index (χ2n) is 6.15. The van der Waals surface area contributed by atoms with E-state index in [0.717, 1.165) is 45.4 Å². The lowest BCUT2D eigenvalue weighted by Crippen LogP contribution is -2.54. The maximum atomic E-state index is 11.7. The van der Waals surface area contributed by atoms with Crippen LogP contribution < -0.4 is 5.32 Å². The number of piperazine rings is 1. The number of halogens is 1. The van der Waals surface area contributed by atoms with Crippen LogP contribution in [0.2, 0.25) is 0 Å². The van der Waals surface area contributed by atoms with E-state index in [1.165, 1.54) is 0 Å². The number of carbonyl (C=O) groups excluding carboxylic acids is 1. The standard InChI is InChI=1S/C15H28N4O3.HI/c1-4-16-13(17-10-15(3)11-21-12-15)18-6-8-19(9-7-18)14(20)22-5-2;/h4-12H2,1-3H3,(H,16,17);1H. The van der Waals surface area contributed by atoms with Crippen molar-refractivity contribution in [3.05, 3.63) is 0 Å². The molecule has 0 aliphatic carbocycles. The molecule has 2 saturated heterocycles. The summed E-state index contributed by atoms with van der Waals surface area (Å²) in [5, 5.41) is 3.34. The van der Waals surface area contributed by atoms with Gasteiger partial charge < -0.3 is 24.6 Å². The topological polar surface area (TPSA) is 66.4 Å². The summed E-state index contributed by atoms with van der Waals surface area (Å²) in [5.74, 6) is 0.930. The van der Waals surface area contributed by atoms with Crippen LogP contribution in [0, 0.1) is 5.41 Å². The van der Waals surface area contributed by atoms with Gasteiger partial charge in [0.1, 0.15) is 0 Å². The van der Waals surface area contributed by atoms with Gasteiger partial charge in [-0.2, -0.15) is 0 Å². The molecule has 7 nitrogen and oxygen atoms in total. The fraction of sp³-hybridized carbons (Fsp3) is 0.867. The van der Waals surface area contributed by atoms with Gasteiger partial charge in [-0.05, 0) is 13.8 Å². The van der Waals surface area contributed by atoms with Crippen molar-refractivity contribution in [2.24, 2.45) is 10.4 Å². The second-order valence-corrected chi connectivity index (χ2v) is 6.15. The summed E-state index contributed by atoms with van der Waals surface area (Å²) in [7, 11) is 0. The number of nitrogens with zero attached hydrogens (tertiary/aromatic N) is 3. The molecule has 0 aromatic heterocycles. The maximum Gasteiger partial charge on any atom is 0.409 e. The highest BCUT2D eigenvalue weighted by Crippen LogP contribution is 2.26. The van der Waals surface area contributed by atoms with E-state index in [2.05, 4.69) is 24.1 Å². The van der Waals surface area contributed by atoms with Gasteiger partial charge in [-0.25, -0.2) is 4.79 Å². The molecule has 0 bridgehead atoms. The lowest BCUT2D eigenvalue weighted by Gasteiger charge is -2.38. The van der Waals surface area contributed by atoms with E-state index < -0.39 is 0 Å². The molecule has 0 spiro atoms. The highest BCUT2D eigenvalue weighted by atomic mass is 127. The minimum Gasteiger partial charge on any atom is -0.450 e. The average Bonchev–Trinajstić information content (AvgIpc) is 2.50. The third-order valence-corrected chi connectivity index (χ3v) is 3.95. The summed E-state index contributed by atoms with van der Waals surface area (Å²) in [4.78, 5) is 20.4. The summed E-state index contributed by atoms with van der Waals surface area (Å²) in [6.07, 6.45) is -0.219. The molecule has 0 unspecified atom stereocenters. The van der Waals surface area contributed by atoms with Crippen LogP contribution in [0.5, 0.6) is 0 Å². The fourth-order valence-electron chi connectivity index (χ4n) is 2.55. The molecule has 0 aromatic rings. The number of aliphatic imine (C=N–C) groups is 1. The first kappa shape index (κ1) is 20.3. The zero-order valence-electron chi connectivity index (χ0n) is 14.3. The normalized spacial score (nSPS) is 20.4. The van der Waals surface area contributed by atoms with E-state index in [4.69, 9.17) is 14.5 Å². The Hall–Kier alpha value is -0.770. The van der Waals surface area contributed by atoms with Crippen molar-refractivity contribution in [2.45, 2.75) is 20.8 Å². The van der Waals surface area contributed by atoms with Gasteiger partial charge in [0.25, 0.3) is 0 Å². The van der Waals surface area contributed by atoms with Crippen molar-refractivity contribution in [3.8, 4) is 0 Å². The molecular weight excluding hydrogens is 411 g/mol. The SMILES string of the molecule is CCNC(=NCC1(C)COC1)N1CCN(C(=O)OCC)CC1.I. The van der Waals surface area contributed by atoms with Gasteiger partial charge in [0.05, 0.1) is 26.4 Å². The van der Waals surface area contributed by atoms with E-state index in [0.29, 0.717) is 19.7 Å². The van der Waals surface area contributed by atoms with E-state index in [1.54, 1.807) is 4.90 Å². The molecule has 134 valence electrons. The Morgan fingerprint density at radius 1 is 1.22 bits per heavy atom. The van der Waals surface area contributed by atoms with Crippen LogP contribution in [0.15, 0.2) is 4.99 Å². The molecule has 1 N–H and O–H groups in total. The summed E-state index contributed by atoms with van der Waals surface area (Å²) in [6.45, 7) is 12.6. The van der Waals surface area contributed by atoms with Crippen LogP contribution in [-0.4, -0.2) is 80.9 Å². The molecule has 0 radical (unpaired) electrons. The van der Waals surface area contributed by atoms with Crippen molar-refractivity contribution in [3.63, 3.8) is 0 Å². The molecule has 2 rings (SSSR count). The Morgan fingerprint density at radius 3 is 2.30 bits per heavy atom. The van der Waals surface area contributed by atoms with Crippen molar-refractivity contribution in [2.75, 3.05) is 59.1 Å². The van der Waals surface area contributed by atoms with Crippen LogP contribution in [0.1, 0.15) is 20.8 Å². The molecular formula is C15H29IN4O3. The number of ether oxygens (including phenoxy) is 2. The quantitative estimate of drug-likeness (QED) is 0.407. The molecule has 8 heteroatoms. The Kier molecular flexibility index (Phi) is 8.38. The number of carbonyl (C=O) groups is 1. The van der Waals surface area contributed by atoms with Crippen LogP contribution in [0.3, 0.4) is 0 Å². The Balaban J connectivity index is 0.00000264. The summed E-state index contributed by atoms with van der Waals surface area (Å²) >= 11 is 0. The van der Waals surface area contributed by atoms with E-state index >= 15 is 0 Å². The largest absolute Gasteiger partial charge is 0.450 e. The Labute approximate surface area is 155 Å². The van der Waals surface area contributed by atoms with Gasteiger partial charge in [0, 0.05) is 38.1 Å². The van der Waals surface area contributed by atoms with Gasteiger partial charge in [-0.3, -0.25) is 4.99 Å². The Morgan fingerprint density at radius 2 is 1.83 bits per heavy atom. The monoisotopic (exact) mass is 440 g/mol. The molecule has 0 atom stereocenters. The first-order chi connectivity index (χ1) is 10.6. The highest BCUT2D eigenvalue weighted by Gasteiger charge is 2.33. The summed E-state index contributed by atoms with van der Waals surface area (Å²) in [6, 6.07) is 0. The minimum atomic E-state index is -0.219. The lowest BCUT2D eigenvalue weighted by atomic mass is 9.89. The molecule has 2 heterocycles. The first-order valence-electron chi connectivity index (χ1n) is 8.10. The average molecular weight is 440 g/mol. The first-order valence-corrected chi connectivity index (χ1v) is 8.10. The molecule has 1 amide bonds. The smallest absolute Gasteiger partial charge is 0.409 e. The van der Waals surface area contributed by atoms with Gasteiger partial charge >= 0.3 is 6.09 Å². The van der Waals surface area contributed by atoms with Crippen molar-refractivity contribution in [1.82, 2.24) is 15.1 Å². The highest BCUT2D eigenvalue weighted by molar-refractivity contribution is 14.0. The number of rotatable bonds is 4. The molecule has 0 aromatic carbocycles. The third kappa shape index (κ3) is 5.66. The summed E-state index contributed by atoms with van der Waals surface area (Å²) < 4.78 is 10.3. The zero-order valence-corrected chi connectivity index (χ0v) is 16.7. The van der Waals surface area contributed by atoms with Crippen LogP contribution in [-0.2, 0) is 9.47 Å². The number of guanidine groups is 1. The number of nitrogens with one attached hydrogen (secondary N) is 1. The number of hydrogen-bond donors (Lipinski definition) is 1. The van der Waals surface area contributed by atoms with E-state index in [-0.39, 0.29) is 35.5 Å². The molecule has 23 heavy (non-hydrogen) atoms. The zero-order chi connectivity index (χ0) is 16.0. The molecule has 2 aliphatic heterocycles. The predicted molar refractivity (Wildman–Crippen MR) is 100 cm³/mol. The van der Waals surface area contributed by atoms with Crippen molar-refractivity contribution in [1.29, 1.82) is 0 Å².